The molecule has 1 atom stereocenters. The van der Waals surface area contributed by atoms with Gasteiger partial charge in [-0.3, -0.25) is 4.79 Å². The molecule has 5 heteroatoms. The zero-order valence-corrected chi connectivity index (χ0v) is 12.2. The number of nitrogen functional groups attached to an aromatic ring is 1. The molecule has 0 aliphatic rings. The third-order valence-corrected chi connectivity index (χ3v) is 3.45. The van der Waals surface area contributed by atoms with Crippen LogP contribution in [0.15, 0.2) is 48.5 Å². The highest BCUT2D eigenvalue weighted by atomic mass is 35.5. The molecule has 2 aromatic carbocycles. The van der Waals surface area contributed by atoms with Gasteiger partial charge in [-0.25, -0.2) is 0 Å². The lowest BCUT2D eigenvalue weighted by atomic mass is 10.1. The minimum Gasteiger partial charge on any atom is -0.399 e. The lowest BCUT2D eigenvalue weighted by Gasteiger charge is -2.17. The Balaban J connectivity index is 2.07. The molecule has 2 aromatic rings. The molecule has 2 rings (SSSR count). The lowest BCUT2D eigenvalue weighted by Crippen LogP contribution is -2.39. The van der Waals surface area contributed by atoms with E-state index in [2.05, 4.69) is 5.32 Å². The van der Waals surface area contributed by atoms with Crippen molar-refractivity contribution in [3.8, 4) is 0 Å². The quantitative estimate of drug-likeness (QED) is 0.742. The third-order valence-electron chi connectivity index (χ3n) is 3.12. The molecule has 110 valence electrons. The zero-order chi connectivity index (χ0) is 15.2. The van der Waals surface area contributed by atoms with Gasteiger partial charge in [-0.15, -0.1) is 0 Å². The molecule has 21 heavy (non-hydrogen) atoms. The normalized spacial score (nSPS) is 11.9. The molecule has 0 bridgehead atoms. The van der Waals surface area contributed by atoms with E-state index in [0.29, 0.717) is 22.7 Å². The maximum Gasteiger partial charge on any atom is 0.253 e. The van der Waals surface area contributed by atoms with E-state index >= 15 is 0 Å². The van der Waals surface area contributed by atoms with Crippen molar-refractivity contribution in [3.05, 3.63) is 64.7 Å². The first kappa shape index (κ1) is 15.4. The van der Waals surface area contributed by atoms with Crippen molar-refractivity contribution in [2.45, 2.75) is 12.5 Å². The second-order valence-electron chi connectivity index (χ2n) is 4.78. The highest BCUT2D eigenvalue weighted by Crippen LogP contribution is 2.19. The Hall–Kier alpha value is -2.04. The summed E-state index contributed by atoms with van der Waals surface area (Å²) in [6.45, 7) is -0.152. The van der Waals surface area contributed by atoms with Crippen LogP contribution in [-0.4, -0.2) is 23.7 Å². The van der Waals surface area contributed by atoms with Crippen LogP contribution in [0.25, 0.3) is 0 Å². The van der Waals surface area contributed by atoms with Crippen molar-refractivity contribution in [2.75, 3.05) is 12.3 Å². The Kier molecular flexibility index (Phi) is 5.20. The van der Waals surface area contributed by atoms with Gasteiger partial charge in [-0.2, -0.15) is 0 Å². The van der Waals surface area contributed by atoms with Gasteiger partial charge in [0.15, 0.2) is 0 Å². The molecule has 0 radical (unpaired) electrons. The summed E-state index contributed by atoms with van der Waals surface area (Å²) in [4.78, 5) is 12.2. The number of hydrogen-bond acceptors (Lipinski definition) is 3. The number of rotatable bonds is 5. The van der Waals surface area contributed by atoms with E-state index in [1.54, 1.807) is 12.1 Å². The molecule has 0 aromatic heterocycles. The van der Waals surface area contributed by atoms with Gasteiger partial charge in [0, 0.05) is 5.69 Å². The Bertz CT molecular complexity index is 617. The van der Waals surface area contributed by atoms with Crippen molar-refractivity contribution < 1.29 is 9.90 Å². The molecule has 4 nitrogen and oxygen atoms in total. The molecule has 0 saturated heterocycles. The van der Waals surface area contributed by atoms with Gasteiger partial charge < -0.3 is 16.2 Å². The minimum atomic E-state index is -0.377. The van der Waals surface area contributed by atoms with Gasteiger partial charge in [0.2, 0.25) is 0 Å². The predicted molar refractivity (Wildman–Crippen MR) is 84.4 cm³/mol. The number of aliphatic hydroxyl groups is 1. The van der Waals surface area contributed by atoms with Crippen molar-refractivity contribution in [1.82, 2.24) is 5.32 Å². The van der Waals surface area contributed by atoms with Crippen LogP contribution in [0.4, 0.5) is 5.69 Å². The lowest BCUT2D eigenvalue weighted by molar-refractivity contribution is 0.0916. The minimum absolute atomic E-state index is 0.152. The van der Waals surface area contributed by atoms with Gasteiger partial charge in [0.1, 0.15) is 0 Å². The standard InChI is InChI=1S/C16H17ClN2O2/c17-15-7-6-12(18)9-14(15)16(21)19-13(10-20)8-11-4-2-1-3-5-11/h1-7,9,13,20H,8,10,18H2,(H,19,21)/t13-/m1/s1. The van der Waals surface area contributed by atoms with Gasteiger partial charge >= 0.3 is 0 Å². The summed E-state index contributed by atoms with van der Waals surface area (Å²) in [6.07, 6.45) is 0.545. The Morgan fingerprint density at radius 1 is 1.24 bits per heavy atom. The van der Waals surface area contributed by atoms with Crippen LogP contribution in [-0.2, 0) is 6.42 Å². The molecule has 1 amide bonds. The van der Waals surface area contributed by atoms with Gasteiger partial charge in [-0.1, -0.05) is 41.9 Å². The summed E-state index contributed by atoms with van der Waals surface area (Å²) in [6, 6.07) is 14.0. The van der Waals surface area contributed by atoms with Gasteiger partial charge in [-0.05, 0) is 30.2 Å². The maximum atomic E-state index is 12.2. The Morgan fingerprint density at radius 3 is 2.62 bits per heavy atom. The summed E-state index contributed by atoms with van der Waals surface area (Å²) < 4.78 is 0. The number of benzene rings is 2. The second kappa shape index (κ2) is 7.11. The van der Waals surface area contributed by atoms with E-state index in [9.17, 15) is 9.90 Å². The monoisotopic (exact) mass is 304 g/mol. The van der Waals surface area contributed by atoms with Crippen LogP contribution in [0, 0.1) is 0 Å². The summed E-state index contributed by atoms with van der Waals surface area (Å²) in [5.74, 6) is -0.345. The smallest absolute Gasteiger partial charge is 0.253 e. The van der Waals surface area contributed by atoms with Crippen LogP contribution in [0.5, 0.6) is 0 Å². The molecule has 0 aliphatic carbocycles. The fourth-order valence-corrected chi connectivity index (χ4v) is 2.24. The zero-order valence-electron chi connectivity index (χ0n) is 11.4. The summed E-state index contributed by atoms with van der Waals surface area (Å²) in [7, 11) is 0. The number of amides is 1. The van der Waals surface area contributed by atoms with Crippen molar-refractivity contribution in [1.29, 1.82) is 0 Å². The fourth-order valence-electron chi connectivity index (χ4n) is 2.04. The molecule has 0 heterocycles. The number of nitrogens with two attached hydrogens (primary N) is 1. The SMILES string of the molecule is Nc1ccc(Cl)c(C(=O)N[C@@H](CO)Cc2ccccc2)c1. The van der Waals surface area contributed by atoms with Crippen molar-refractivity contribution in [3.63, 3.8) is 0 Å². The van der Waals surface area contributed by atoms with Crippen LogP contribution in [0.3, 0.4) is 0 Å². The first-order chi connectivity index (χ1) is 10.1. The number of carbonyl (C=O) groups excluding carboxylic acids is 1. The molecule has 0 aliphatic heterocycles. The molecule has 4 N–H and O–H groups in total. The number of anilines is 1. The number of nitrogens with one attached hydrogen (secondary N) is 1. The average Bonchev–Trinajstić information content (AvgIpc) is 2.50. The Labute approximate surface area is 128 Å². The van der Waals surface area contributed by atoms with Crippen LogP contribution < -0.4 is 11.1 Å². The number of aliphatic hydroxyl groups excluding tert-OH is 1. The van der Waals surface area contributed by atoms with Crippen LogP contribution in [0.2, 0.25) is 5.02 Å². The van der Waals surface area contributed by atoms with E-state index in [1.807, 2.05) is 30.3 Å². The highest BCUT2D eigenvalue weighted by Gasteiger charge is 2.16. The summed E-state index contributed by atoms with van der Waals surface area (Å²) >= 11 is 6.00. The van der Waals surface area contributed by atoms with Crippen LogP contribution in [0.1, 0.15) is 15.9 Å². The first-order valence-electron chi connectivity index (χ1n) is 6.61. The van der Waals surface area contributed by atoms with Crippen LogP contribution >= 0.6 is 11.6 Å². The van der Waals surface area contributed by atoms with E-state index in [0.717, 1.165) is 5.56 Å². The molecule has 0 unspecified atom stereocenters. The average molecular weight is 305 g/mol. The largest absolute Gasteiger partial charge is 0.399 e. The molecule has 0 spiro atoms. The molecule has 0 fully saturated rings. The second-order valence-corrected chi connectivity index (χ2v) is 5.19. The van der Waals surface area contributed by atoms with Gasteiger partial charge in [0.25, 0.3) is 5.91 Å². The van der Waals surface area contributed by atoms with Crippen molar-refractivity contribution in [2.24, 2.45) is 0 Å². The molecular formula is C16H17ClN2O2. The third kappa shape index (κ3) is 4.21. The number of carbonyl (C=O) groups is 1. The van der Waals surface area contributed by atoms with E-state index in [-0.39, 0.29) is 18.6 Å². The highest BCUT2D eigenvalue weighted by molar-refractivity contribution is 6.34. The molecular weight excluding hydrogens is 288 g/mol. The summed E-state index contributed by atoms with van der Waals surface area (Å²) in [5.41, 5.74) is 7.48. The summed E-state index contributed by atoms with van der Waals surface area (Å²) in [5, 5.41) is 12.5. The van der Waals surface area contributed by atoms with Gasteiger partial charge in [0.05, 0.1) is 23.2 Å². The first-order valence-corrected chi connectivity index (χ1v) is 6.98. The van der Waals surface area contributed by atoms with E-state index < -0.39 is 0 Å². The van der Waals surface area contributed by atoms with E-state index in [4.69, 9.17) is 17.3 Å². The Morgan fingerprint density at radius 2 is 1.95 bits per heavy atom. The molecule has 0 saturated carbocycles. The maximum absolute atomic E-state index is 12.2. The van der Waals surface area contributed by atoms with E-state index in [1.165, 1.54) is 6.07 Å². The fraction of sp³-hybridized carbons (Fsp3) is 0.188. The topological polar surface area (TPSA) is 75.4 Å². The van der Waals surface area contributed by atoms with Crippen molar-refractivity contribution >= 4 is 23.2 Å². The number of hydrogen-bond donors (Lipinski definition) is 3. The number of halogens is 1. The predicted octanol–water partition coefficient (Wildman–Crippen LogP) is 2.26.